The lowest BCUT2D eigenvalue weighted by atomic mass is 10.1. The number of benzene rings is 1. The van der Waals surface area contributed by atoms with E-state index in [1.165, 1.54) is 19.2 Å². The largest absolute Gasteiger partial charge is 0.495 e. The number of ether oxygens (including phenoxy) is 1. The molecule has 0 amide bonds. The first-order valence-electron chi connectivity index (χ1n) is 4.80. The Morgan fingerprint density at radius 1 is 1.39 bits per heavy atom. The molecule has 1 N–H and O–H groups in total. The van der Waals surface area contributed by atoms with Crippen molar-refractivity contribution in [3.8, 4) is 5.75 Å². The third kappa shape index (κ3) is 3.60. The van der Waals surface area contributed by atoms with E-state index in [0.29, 0.717) is 5.75 Å². The molecule has 0 aromatic heterocycles. The van der Waals surface area contributed by atoms with Gasteiger partial charge in [-0.15, -0.1) is 0 Å². The second-order valence-corrected chi connectivity index (χ2v) is 5.32. The number of hydrogen-bond acceptors (Lipinski definition) is 3. The van der Waals surface area contributed by atoms with Crippen LogP contribution in [0.25, 0.3) is 0 Å². The highest BCUT2D eigenvalue weighted by atomic mass is 79.9. The number of methoxy groups -OCH3 is 1. The quantitative estimate of drug-likeness (QED) is 0.649. The Hall–Kier alpha value is -0.780. The predicted octanol–water partition coefficient (Wildman–Crippen LogP) is 3.42. The molecule has 0 aliphatic heterocycles. The van der Waals surface area contributed by atoms with Crippen molar-refractivity contribution in [3.05, 3.63) is 27.7 Å². The van der Waals surface area contributed by atoms with Crippen molar-refractivity contribution in [3.63, 3.8) is 0 Å². The standard InChI is InChI=1S/C11H9BrCl2O4/c1-18-9-4-7(13)5(2-8(9)14)11(17)6(12)3-10(15)16/h2,4,6H,3H2,1H3,(H,15,16). The Balaban J connectivity index is 3.06. The van der Waals surface area contributed by atoms with Gasteiger partial charge in [-0.3, -0.25) is 9.59 Å². The highest BCUT2D eigenvalue weighted by Crippen LogP contribution is 2.32. The van der Waals surface area contributed by atoms with Crippen LogP contribution in [0.4, 0.5) is 0 Å². The zero-order valence-electron chi connectivity index (χ0n) is 9.25. The van der Waals surface area contributed by atoms with Crippen LogP contribution in [-0.4, -0.2) is 28.8 Å². The van der Waals surface area contributed by atoms with Crippen LogP contribution in [0, 0.1) is 0 Å². The number of carboxylic acid groups (broad SMARTS) is 1. The molecule has 4 nitrogen and oxygen atoms in total. The zero-order valence-corrected chi connectivity index (χ0v) is 12.3. The molecule has 0 fully saturated rings. The van der Waals surface area contributed by atoms with E-state index in [1.54, 1.807) is 0 Å². The van der Waals surface area contributed by atoms with Crippen molar-refractivity contribution in [2.24, 2.45) is 0 Å². The maximum atomic E-state index is 12.0. The molecule has 1 aromatic carbocycles. The number of hydrogen-bond donors (Lipinski definition) is 1. The van der Waals surface area contributed by atoms with Gasteiger partial charge in [-0.1, -0.05) is 39.1 Å². The second kappa shape index (κ2) is 6.41. The maximum Gasteiger partial charge on any atom is 0.304 e. The summed E-state index contributed by atoms with van der Waals surface area (Å²) in [7, 11) is 1.43. The van der Waals surface area contributed by atoms with Gasteiger partial charge in [0.05, 0.1) is 28.4 Å². The fourth-order valence-corrected chi connectivity index (χ4v) is 2.30. The van der Waals surface area contributed by atoms with Gasteiger partial charge in [0.2, 0.25) is 0 Å². The minimum absolute atomic E-state index is 0.158. The molecule has 0 aliphatic rings. The van der Waals surface area contributed by atoms with Crippen LogP contribution < -0.4 is 4.74 Å². The van der Waals surface area contributed by atoms with Gasteiger partial charge < -0.3 is 9.84 Å². The van der Waals surface area contributed by atoms with Crippen LogP contribution >= 0.6 is 39.1 Å². The van der Waals surface area contributed by atoms with E-state index in [9.17, 15) is 9.59 Å². The summed E-state index contributed by atoms with van der Waals surface area (Å²) in [6, 6.07) is 2.78. The molecular weight excluding hydrogens is 347 g/mol. The Kier molecular flexibility index (Phi) is 5.44. The number of Topliss-reactive ketones (excluding diaryl/α,β-unsaturated/α-hetero) is 1. The molecular formula is C11H9BrCl2O4. The SMILES string of the molecule is COc1cc(Cl)c(C(=O)C(Br)CC(=O)O)cc1Cl. The zero-order chi connectivity index (χ0) is 13.9. The molecule has 0 heterocycles. The predicted molar refractivity (Wildman–Crippen MR) is 72.3 cm³/mol. The Labute approximate surface area is 122 Å². The number of halogens is 3. The van der Waals surface area contributed by atoms with Gasteiger partial charge in [0, 0.05) is 11.6 Å². The lowest BCUT2D eigenvalue weighted by Gasteiger charge is -2.10. The summed E-state index contributed by atoms with van der Waals surface area (Å²) in [5, 5.41) is 9.02. The van der Waals surface area contributed by atoms with Gasteiger partial charge in [-0.05, 0) is 6.07 Å². The third-order valence-corrected chi connectivity index (χ3v) is 3.49. The second-order valence-electron chi connectivity index (χ2n) is 3.40. The van der Waals surface area contributed by atoms with Crippen molar-refractivity contribution in [1.29, 1.82) is 0 Å². The highest BCUT2D eigenvalue weighted by molar-refractivity contribution is 9.10. The van der Waals surface area contributed by atoms with Gasteiger partial charge in [-0.25, -0.2) is 0 Å². The van der Waals surface area contributed by atoms with Gasteiger partial charge in [0.25, 0.3) is 0 Å². The summed E-state index contributed by atoms with van der Waals surface area (Å²) >= 11 is 14.8. The van der Waals surface area contributed by atoms with Gasteiger partial charge in [0.1, 0.15) is 5.75 Å². The molecule has 0 aliphatic carbocycles. The molecule has 18 heavy (non-hydrogen) atoms. The molecule has 1 atom stereocenters. The Morgan fingerprint density at radius 2 is 2.00 bits per heavy atom. The molecule has 0 saturated heterocycles. The van der Waals surface area contributed by atoms with Crippen molar-refractivity contribution < 1.29 is 19.4 Å². The fourth-order valence-electron chi connectivity index (χ4n) is 1.29. The molecule has 1 aromatic rings. The number of ketones is 1. The Morgan fingerprint density at radius 3 is 2.50 bits per heavy atom. The number of alkyl halides is 1. The minimum atomic E-state index is -1.08. The lowest BCUT2D eigenvalue weighted by molar-refractivity contribution is -0.136. The molecule has 0 spiro atoms. The number of carboxylic acids is 1. The van der Waals surface area contributed by atoms with E-state index >= 15 is 0 Å². The monoisotopic (exact) mass is 354 g/mol. The smallest absolute Gasteiger partial charge is 0.304 e. The van der Waals surface area contributed by atoms with Crippen molar-refractivity contribution in [2.75, 3.05) is 7.11 Å². The first-order valence-corrected chi connectivity index (χ1v) is 6.47. The van der Waals surface area contributed by atoms with Crippen LogP contribution in [0.5, 0.6) is 5.75 Å². The van der Waals surface area contributed by atoms with E-state index in [-0.39, 0.29) is 22.0 Å². The summed E-state index contributed by atoms with van der Waals surface area (Å²) in [6.45, 7) is 0. The van der Waals surface area contributed by atoms with Crippen LogP contribution in [0.15, 0.2) is 12.1 Å². The van der Waals surface area contributed by atoms with Crippen LogP contribution in [-0.2, 0) is 4.79 Å². The first kappa shape index (κ1) is 15.3. The molecule has 7 heteroatoms. The minimum Gasteiger partial charge on any atom is -0.495 e. The normalized spacial score (nSPS) is 12.0. The van der Waals surface area contributed by atoms with Crippen molar-refractivity contribution >= 4 is 50.9 Å². The summed E-state index contributed by atoms with van der Waals surface area (Å²) in [5.41, 5.74) is 0.158. The molecule has 0 bridgehead atoms. The van der Waals surface area contributed by atoms with Gasteiger partial charge in [-0.2, -0.15) is 0 Å². The number of carbonyl (C=O) groups is 2. The lowest BCUT2D eigenvalue weighted by Crippen LogP contribution is -2.18. The third-order valence-electron chi connectivity index (χ3n) is 2.15. The molecule has 98 valence electrons. The number of carbonyl (C=O) groups excluding carboxylic acids is 1. The summed E-state index contributed by atoms with van der Waals surface area (Å²) in [4.78, 5) is 21.6. The molecule has 1 rings (SSSR count). The van der Waals surface area contributed by atoms with E-state index in [0.717, 1.165) is 0 Å². The summed E-state index contributed by atoms with van der Waals surface area (Å²) in [5.74, 6) is -1.17. The van der Waals surface area contributed by atoms with Crippen LogP contribution in [0.3, 0.4) is 0 Å². The topological polar surface area (TPSA) is 63.6 Å². The van der Waals surface area contributed by atoms with E-state index in [2.05, 4.69) is 15.9 Å². The van der Waals surface area contributed by atoms with Crippen LogP contribution in [0.1, 0.15) is 16.8 Å². The van der Waals surface area contributed by atoms with Crippen molar-refractivity contribution in [2.45, 2.75) is 11.2 Å². The van der Waals surface area contributed by atoms with Gasteiger partial charge in [0.15, 0.2) is 5.78 Å². The summed E-state index contributed by atoms with van der Waals surface area (Å²) < 4.78 is 4.95. The highest BCUT2D eigenvalue weighted by Gasteiger charge is 2.23. The van der Waals surface area contributed by atoms with E-state index in [4.69, 9.17) is 33.0 Å². The average Bonchev–Trinajstić information content (AvgIpc) is 2.29. The van der Waals surface area contributed by atoms with Crippen molar-refractivity contribution in [1.82, 2.24) is 0 Å². The van der Waals surface area contributed by atoms with E-state index < -0.39 is 16.6 Å². The van der Waals surface area contributed by atoms with Crippen LogP contribution in [0.2, 0.25) is 10.0 Å². The number of aliphatic carboxylic acids is 1. The molecule has 1 unspecified atom stereocenters. The maximum absolute atomic E-state index is 12.0. The molecule has 0 radical (unpaired) electrons. The fraction of sp³-hybridized carbons (Fsp3) is 0.273. The first-order chi connectivity index (χ1) is 8.36. The van der Waals surface area contributed by atoms with Gasteiger partial charge >= 0.3 is 5.97 Å². The Bertz CT molecular complexity index is 490. The average molecular weight is 356 g/mol. The molecule has 0 saturated carbocycles. The number of rotatable bonds is 5. The summed E-state index contributed by atoms with van der Waals surface area (Å²) in [6.07, 6.45) is -0.335. The van der Waals surface area contributed by atoms with E-state index in [1.807, 2.05) is 0 Å².